The number of aromatic nitrogens is 2. The van der Waals surface area contributed by atoms with Crippen LogP contribution in [0.3, 0.4) is 0 Å². The molecular formula is C23H27FN4O3. The molecule has 1 saturated heterocycles. The number of methoxy groups -OCH3 is 2. The molecule has 1 fully saturated rings. The summed E-state index contributed by atoms with van der Waals surface area (Å²) < 4.78 is 30.5. The van der Waals surface area contributed by atoms with Crippen LogP contribution in [0, 0.1) is 5.82 Å². The van der Waals surface area contributed by atoms with Crippen LogP contribution in [0.15, 0.2) is 42.7 Å². The van der Waals surface area contributed by atoms with Crippen molar-refractivity contribution in [3.63, 3.8) is 0 Å². The smallest absolute Gasteiger partial charge is 0.162 e. The summed E-state index contributed by atoms with van der Waals surface area (Å²) in [6.07, 6.45) is 3.78. The quantitative estimate of drug-likeness (QED) is 0.519. The van der Waals surface area contributed by atoms with Crippen molar-refractivity contribution in [2.45, 2.75) is 18.9 Å². The third-order valence-electron chi connectivity index (χ3n) is 5.45. The largest absolute Gasteiger partial charge is 0.493 e. The maximum absolute atomic E-state index is 13.6. The van der Waals surface area contributed by atoms with Crippen molar-refractivity contribution in [1.82, 2.24) is 14.9 Å². The van der Waals surface area contributed by atoms with E-state index in [9.17, 15) is 4.39 Å². The summed E-state index contributed by atoms with van der Waals surface area (Å²) >= 11 is 0. The Kier molecular flexibility index (Phi) is 6.79. The zero-order chi connectivity index (χ0) is 21.6. The van der Waals surface area contributed by atoms with Crippen LogP contribution >= 0.6 is 0 Å². The average Bonchev–Trinajstić information content (AvgIpc) is 3.24. The number of nitrogens with one attached hydrogen (secondary N) is 1. The molecule has 1 unspecified atom stereocenters. The van der Waals surface area contributed by atoms with Crippen LogP contribution in [0.4, 0.5) is 15.9 Å². The van der Waals surface area contributed by atoms with Crippen molar-refractivity contribution in [3.8, 4) is 11.5 Å². The van der Waals surface area contributed by atoms with E-state index < -0.39 is 0 Å². The molecule has 1 N–H and O–H groups in total. The van der Waals surface area contributed by atoms with Crippen LogP contribution in [0.2, 0.25) is 0 Å². The summed E-state index contributed by atoms with van der Waals surface area (Å²) in [5.74, 6) is 1.50. The molecule has 0 saturated carbocycles. The molecule has 8 heteroatoms. The molecule has 1 aromatic heterocycles. The lowest BCUT2D eigenvalue weighted by Gasteiger charge is -2.17. The van der Waals surface area contributed by atoms with Crippen molar-refractivity contribution >= 4 is 22.4 Å². The van der Waals surface area contributed by atoms with Gasteiger partial charge < -0.3 is 24.4 Å². The zero-order valence-corrected chi connectivity index (χ0v) is 17.8. The molecule has 3 aromatic rings. The van der Waals surface area contributed by atoms with E-state index in [0.29, 0.717) is 41.2 Å². The minimum atomic E-state index is -0.316. The maximum Gasteiger partial charge on any atom is 0.162 e. The van der Waals surface area contributed by atoms with Gasteiger partial charge in [-0.2, -0.15) is 0 Å². The third kappa shape index (κ3) is 5.21. The predicted octanol–water partition coefficient (Wildman–Crippen LogP) is 4.01. The highest BCUT2D eigenvalue weighted by Gasteiger charge is 2.21. The Morgan fingerprint density at radius 2 is 2.06 bits per heavy atom. The molecule has 2 aromatic carbocycles. The summed E-state index contributed by atoms with van der Waals surface area (Å²) in [5, 5.41) is 3.93. The summed E-state index contributed by atoms with van der Waals surface area (Å²) in [6, 6.07) is 9.94. The lowest BCUT2D eigenvalue weighted by molar-refractivity contribution is 0.107. The van der Waals surface area contributed by atoms with Gasteiger partial charge in [-0.25, -0.2) is 14.4 Å². The Morgan fingerprint density at radius 1 is 1.16 bits per heavy atom. The van der Waals surface area contributed by atoms with Gasteiger partial charge in [0.1, 0.15) is 18.0 Å². The van der Waals surface area contributed by atoms with Gasteiger partial charge in [-0.1, -0.05) is 6.07 Å². The second kappa shape index (κ2) is 9.89. The standard InChI is InChI=1S/C23H27FN4O3/c1-29-18-7-9-28(14-18)8-4-10-31-22-12-19-20(13-21(22)30-2)25-15-26-23(19)27-17-6-3-5-16(24)11-17/h3,5-6,11-13,15,18H,4,7-10,14H2,1-2H3,(H,25,26,27). The molecule has 0 bridgehead atoms. The van der Waals surface area contributed by atoms with Crippen LogP contribution in [-0.4, -0.2) is 61.4 Å². The zero-order valence-electron chi connectivity index (χ0n) is 17.8. The second-order valence-electron chi connectivity index (χ2n) is 7.53. The van der Waals surface area contributed by atoms with Gasteiger partial charge in [-0.3, -0.25) is 0 Å². The van der Waals surface area contributed by atoms with Crippen LogP contribution in [0.25, 0.3) is 10.9 Å². The van der Waals surface area contributed by atoms with E-state index in [0.717, 1.165) is 37.9 Å². The van der Waals surface area contributed by atoms with Crippen molar-refractivity contribution in [1.29, 1.82) is 0 Å². The highest BCUT2D eigenvalue weighted by Crippen LogP contribution is 2.34. The summed E-state index contributed by atoms with van der Waals surface area (Å²) in [5.41, 5.74) is 1.32. The fourth-order valence-corrected chi connectivity index (χ4v) is 3.80. The van der Waals surface area contributed by atoms with E-state index in [-0.39, 0.29) is 5.82 Å². The molecule has 7 nitrogen and oxygen atoms in total. The number of halogens is 1. The van der Waals surface area contributed by atoms with Gasteiger partial charge in [-0.05, 0) is 37.1 Å². The molecule has 4 rings (SSSR count). The molecular weight excluding hydrogens is 399 g/mol. The van der Waals surface area contributed by atoms with Gasteiger partial charge in [0.15, 0.2) is 11.5 Å². The lowest BCUT2D eigenvalue weighted by Crippen LogP contribution is -2.25. The number of likely N-dealkylation sites (tertiary alicyclic amines) is 1. The highest BCUT2D eigenvalue weighted by atomic mass is 19.1. The van der Waals surface area contributed by atoms with Gasteiger partial charge in [0.05, 0.1) is 25.3 Å². The third-order valence-corrected chi connectivity index (χ3v) is 5.45. The molecule has 0 aliphatic carbocycles. The van der Waals surface area contributed by atoms with E-state index in [1.165, 1.54) is 18.5 Å². The molecule has 31 heavy (non-hydrogen) atoms. The highest BCUT2D eigenvalue weighted by molar-refractivity contribution is 5.93. The summed E-state index contributed by atoms with van der Waals surface area (Å²) in [6.45, 7) is 3.56. The monoisotopic (exact) mass is 426 g/mol. The number of anilines is 2. The van der Waals surface area contributed by atoms with Gasteiger partial charge >= 0.3 is 0 Å². The first-order valence-electron chi connectivity index (χ1n) is 10.4. The van der Waals surface area contributed by atoms with E-state index in [1.807, 2.05) is 12.1 Å². The predicted molar refractivity (Wildman–Crippen MR) is 118 cm³/mol. The Bertz CT molecular complexity index is 1030. The van der Waals surface area contributed by atoms with E-state index >= 15 is 0 Å². The van der Waals surface area contributed by atoms with Crippen molar-refractivity contribution < 1.29 is 18.6 Å². The van der Waals surface area contributed by atoms with Gasteiger partial charge in [-0.15, -0.1) is 0 Å². The molecule has 1 aliphatic heterocycles. The maximum atomic E-state index is 13.6. The van der Waals surface area contributed by atoms with Crippen molar-refractivity contribution in [3.05, 3.63) is 48.5 Å². The molecule has 164 valence electrons. The van der Waals surface area contributed by atoms with E-state index in [2.05, 4.69) is 20.2 Å². The number of hydrogen-bond donors (Lipinski definition) is 1. The topological polar surface area (TPSA) is 68.7 Å². The summed E-state index contributed by atoms with van der Waals surface area (Å²) in [4.78, 5) is 11.1. The van der Waals surface area contributed by atoms with E-state index in [4.69, 9.17) is 14.2 Å². The second-order valence-corrected chi connectivity index (χ2v) is 7.53. The first-order valence-corrected chi connectivity index (χ1v) is 10.4. The van der Waals surface area contributed by atoms with Crippen LogP contribution in [-0.2, 0) is 4.74 Å². The van der Waals surface area contributed by atoms with E-state index in [1.54, 1.807) is 26.4 Å². The number of benzene rings is 2. The van der Waals surface area contributed by atoms with Crippen molar-refractivity contribution in [2.24, 2.45) is 0 Å². The number of ether oxygens (including phenoxy) is 3. The van der Waals surface area contributed by atoms with Crippen LogP contribution in [0.1, 0.15) is 12.8 Å². The van der Waals surface area contributed by atoms with Crippen LogP contribution < -0.4 is 14.8 Å². The fraction of sp³-hybridized carbons (Fsp3) is 0.391. The Hall–Kier alpha value is -2.97. The number of hydrogen-bond acceptors (Lipinski definition) is 7. The Labute approximate surface area is 181 Å². The normalized spacial score (nSPS) is 16.5. The summed E-state index contributed by atoms with van der Waals surface area (Å²) in [7, 11) is 3.38. The Balaban J connectivity index is 1.47. The molecule has 1 aliphatic rings. The van der Waals surface area contributed by atoms with Gasteiger partial charge in [0, 0.05) is 43.9 Å². The molecule has 0 amide bonds. The van der Waals surface area contributed by atoms with Crippen LogP contribution in [0.5, 0.6) is 11.5 Å². The average molecular weight is 426 g/mol. The molecule has 0 radical (unpaired) electrons. The molecule has 0 spiro atoms. The lowest BCUT2D eigenvalue weighted by atomic mass is 10.2. The SMILES string of the molecule is COc1cc2ncnc(Nc3cccc(F)c3)c2cc1OCCCN1CCC(OC)C1. The minimum Gasteiger partial charge on any atom is -0.493 e. The van der Waals surface area contributed by atoms with Gasteiger partial charge in [0.25, 0.3) is 0 Å². The van der Waals surface area contributed by atoms with Gasteiger partial charge in [0.2, 0.25) is 0 Å². The first-order chi connectivity index (χ1) is 15.2. The molecule has 1 atom stereocenters. The number of nitrogens with zero attached hydrogens (tertiary/aromatic N) is 3. The number of fused-ring (bicyclic) bond motifs is 1. The Morgan fingerprint density at radius 3 is 2.84 bits per heavy atom. The molecule has 2 heterocycles. The van der Waals surface area contributed by atoms with Crippen molar-refractivity contribution in [2.75, 3.05) is 45.8 Å². The fourth-order valence-electron chi connectivity index (χ4n) is 3.80. The number of rotatable bonds is 9. The first kappa shape index (κ1) is 21.3. The minimum absolute atomic E-state index is 0.316.